The molecule has 25 heavy (non-hydrogen) atoms. The number of anilines is 1. The third-order valence-corrected chi connectivity index (χ3v) is 4.35. The van der Waals surface area contributed by atoms with Crippen molar-refractivity contribution in [3.63, 3.8) is 0 Å². The predicted octanol–water partition coefficient (Wildman–Crippen LogP) is 2.26. The Kier molecular flexibility index (Phi) is 6.94. The van der Waals surface area contributed by atoms with E-state index >= 15 is 0 Å². The van der Waals surface area contributed by atoms with Crippen LogP contribution < -0.4 is 5.32 Å². The lowest BCUT2D eigenvalue weighted by Crippen LogP contribution is -2.24. The Bertz CT molecular complexity index is 611. The van der Waals surface area contributed by atoms with Crippen molar-refractivity contribution >= 4 is 23.5 Å². The average Bonchev–Trinajstić information content (AvgIpc) is 2.66. The Morgan fingerprint density at radius 3 is 2.24 bits per heavy atom. The maximum atomic E-state index is 11.5. The lowest BCUT2D eigenvalue weighted by molar-refractivity contribution is -0.150. The summed E-state index contributed by atoms with van der Waals surface area (Å²) in [5, 5.41) is 2.49. The third-order valence-electron chi connectivity index (χ3n) is 4.35. The number of methoxy groups -OCH3 is 2. The highest BCUT2D eigenvalue weighted by molar-refractivity contribution is 6.37. The van der Waals surface area contributed by atoms with E-state index in [1.54, 1.807) is 12.1 Å². The summed E-state index contributed by atoms with van der Waals surface area (Å²) in [5.74, 6) is -1.65. The van der Waals surface area contributed by atoms with Gasteiger partial charge in [-0.2, -0.15) is 0 Å². The van der Waals surface area contributed by atoms with E-state index in [9.17, 15) is 14.4 Å². The molecule has 1 aromatic rings. The predicted molar refractivity (Wildman–Crippen MR) is 92.2 cm³/mol. The van der Waals surface area contributed by atoms with Crippen molar-refractivity contribution in [3.8, 4) is 0 Å². The van der Waals surface area contributed by atoms with Crippen LogP contribution in [-0.4, -0.2) is 44.8 Å². The van der Waals surface area contributed by atoms with Gasteiger partial charge in [0.25, 0.3) is 0 Å². The zero-order valence-electron chi connectivity index (χ0n) is 14.4. The summed E-state index contributed by atoms with van der Waals surface area (Å²) < 4.78 is 14.5. The SMILES string of the molecule is COC(=O)COC1CCC(c2ccc(NC(=O)C(=O)OC)cc2)CC1.[HH]. The smallest absolute Gasteiger partial charge is 0.396 e. The Hall–Kier alpha value is -2.41. The number of benzene rings is 1. The molecule has 0 saturated heterocycles. The van der Waals surface area contributed by atoms with Crippen molar-refractivity contribution in [2.75, 3.05) is 26.1 Å². The molecule has 1 fully saturated rings. The van der Waals surface area contributed by atoms with E-state index < -0.39 is 11.9 Å². The number of carbonyl (C=O) groups excluding carboxylic acids is 3. The summed E-state index contributed by atoms with van der Waals surface area (Å²) in [7, 11) is 2.51. The molecule has 0 unspecified atom stereocenters. The number of nitrogens with one attached hydrogen (secondary N) is 1. The van der Waals surface area contributed by atoms with E-state index in [1.807, 2.05) is 12.1 Å². The molecule has 138 valence electrons. The van der Waals surface area contributed by atoms with Crippen LogP contribution in [0.1, 0.15) is 38.6 Å². The number of hydrogen-bond donors (Lipinski definition) is 1. The van der Waals surface area contributed by atoms with E-state index in [-0.39, 0.29) is 20.1 Å². The molecule has 1 aromatic carbocycles. The van der Waals surface area contributed by atoms with Crippen molar-refractivity contribution in [3.05, 3.63) is 29.8 Å². The third kappa shape index (κ3) is 5.56. The fraction of sp³-hybridized carbons (Fsp3) is 0.500. The van der Waals surface area contributed by atoms with Gasteiger partial charge in [-0.3, -0.25) is 4.79 Å². The highest BCUT2D eigenvalue weighted by atomic mass is 16.6. The second-order valence-electron chi connectivity index (χ2n) is 5.93. The first-order valence-electron chi connectivity index (χ1n) is 8.21. The van der Waals surface area contributed by atoms with Crippen LogP contribution in [0.3, 0.4) is 0 Å². The van der Waals surface area contributed by atoms with Crippen molar-refractivity contribution in [1.82, 2.24) is 0 Å². The quantitative estimate of drug-likeness (QED) is 0.646. The number of ether oxygens (including phenoxy) is 3. The van der Waals surface area contributed by atoms with Gasteiger partial charge in [-0.15, -0.1) is 0 Å². The summed E-state index contributed by atoms with van der Waals surface area (Å²) in [4.78, 5) is 33.7. The van der Waals surface area contributed by atoms with E-state index in [4.69, 9.17) is 4.74 Å². The first kappa shape index (κ1) is 18.9. The number of hydrogen-bond acceptors (Lipinski definition) is 6. The van der Waals surface area contributed by atoms with Crippen LogP contribution in [0.2, 0.25) is 0 Å². The number of esters is 2. The molecule has 7 heteroatoms. The van der Waals surface area contributed by atoms with Gasteiger partial charge in [0.05, 0.1) is 20.3 Å². The molecule has 1 aliphatic rings. The topological polar surface area (TPSA) is 90.9 Å². The van der Waals surface area contributed by atoms with Crippen molar-refractivity contribution in [2.45, 2.75) is 37.7 Å². The molecule has 0 heterocycles. The highest BCUT2D eigenvalue weighted by Gasteiger charge is 2.23. The fourth-order valence-electron chi connectivity index (χ4n) is 2.92. The van der Waals surface area contributed by atoms with Gasteiger partial charge >= 0.3 is 17.8 Å². The van der Waals surface area contributed by atoms with Crippen LogP contribution >= 0.6 is 0 Å². The van der Waals surface area contributed by atoms with Crippen molar-refractivity contribution in [2.24, 2.45) is 0 Å². The van der Waals surface area contributed by atoms with Gasteiger partial charge in [0.15, 0.2) is 0 Å². The second-order valence-corrected chi connectivity index (χ2v) is 5.93. The Morgan fingerprint density at radius 1 is 1.04 bits per heavy atom. The van der Waals surface area contributed by atoms with Gasteiger partial charge in [-0.25, -0.2) is 9.59 Å². The Balaban J connectivity index is 0.00000338. The lowest BCUT2D eigenvalue weighted by atomic mass is 9.82. The summed E-state index contributed by atoms with van der Waals surface area (Å²) in [5.41, 5.74) is 1.73. The van der Waals surface area contributed by atoms with Crippen LogP contribution in [0.25, 0.3) is 0 Å². The van der Waals surface area contributed by atoms with Gasteiger partial charge in [0, 0.05) is 7.11 Å². The van der Waals surface area contributed by atoms with Gasteiger partial charge in [-0.05, 0) is 49.3 Å². The van der Waals surface area contributed by atoms with Crippen molar-refractivity contribution < 1.29 is 30.0 Å². The zero-order chi connectivity index (χ0) is 18.2. The Morgan fingerprint density at radius 2 is 1.68 bits per heavy atom. The normalized spacial score (nSPS) is 19.8. The van der Waals surface area contributed by atoms with E-state index in [0.717, 1.165) is 32.8 Å². The average molecular weight is 351 g/mol. The van der Waals surface area contributed by atoms with Gasteiger partial charge in [-0.1, -0.05) is 12.1 Å². The molecule has 1 amide bonds. The maximum Gasteiger partial charge on any atom is 0.396 e. The molecule has 1 aliphatic carbocycles. The van der Waals surface area contributed by atoms with Crippen molar-refractivity contribution in [1.29, 1.82) is 0 Å². The van der Waals surface area contributed by atoms with Crippen LogP contribution in [0.4, 0.5) is 5.69 Å². The molecule has 0 atom stereocenters. The maximum absolute atomic E-state index is 11.5. The lowest BCUT2D eigenvalue weighted by Gasteiger charge is -2.28. The minimum atomic E-state index is -0.922. The number of carbonyl (C=O) groups is 3. The molecule has 0 radical (unpaired) electrons. The minimum absolute atomic E-state index is 0. The second kappa shape index (κ2) is 9.17. The van der Waals surface area contributed by atoms with Crippen LogP contribution in [0, 0.1) is 0 Å². The van der Waals surface area contributed by atoms with Crippen LogP contribution in [-0.2, 0) is 28.6 Å². The molecule has 0 aromatic heterocycles. The Labute approximate surface area is 148 Å². The van der Waals surface area contributed by atoms with Gasteiger partial charge in [0.1, 0.15) is 6.61 Å². The van der Waals surface area contributed by atoms with Crippen LogP contribution in [0.5, 0.6) is 0 Å². The molecular formula is C18H25NO6. The monoisotopic (exact) mass is 351 g/mol. The molecule has 0 aliphatic heterocycles. The summed E-state index contributed by atoms with van der Waals surface area (Å²) in [6.07, 6.45) is 3.82. The minimum Gasteiger partial charge on any atom is -0.467 e. The first-order valence-corrected chi connectivity index (χ1v) is 8.21. The molecule has 0 spiro atoms. The summed E-state index contributed by atoms with van der Waals surface area (Å²) >= 11 is 0. The largest absolute Gasteiger partial charge is 0.467 e. The van der Waals surface area contributed by atoms with E-state index in [0.29, 0.717) is 11.6 Å². The summed E-state index contributed by atoms with van der Waals surface area (Å²) in [6, 6.07) is 7.45. The van der Waals surface area contributed by atoms with Crippen LogP contribution in [0.15, 0.2) is 24.3 Å². The van der Waals surface area contributed by atoms with Gasteiger partial charge in [0.2, 0.25) is 0 Å². The molecule has 0 bridgehead atoms. The highest BCUT2D eigenvalue weighted by Crippen LogP contribution is 2.34. The molecule has 7 nitrogen and oxygen atoms in total. The number of amides is 1. The molecular weight excluding hydrogens is 326 g/mol. The van der Waals surface area contributed by atoms with E-state index in [2.05, 4.69) is 14.8 Å². The summed E-state index contributed by atoms with van der Waals surface area (Å²) in [6.45, 7) is 0.000419. The number of rotatable bonds is 5. The van der Waals surface area contributed by atoms with Gasteiger partial charge < -0.3 is 19.5 Å². The molecule has 1 N–H and O–H groups in total. The first-order chi connectivity index (χ1) is 12.0. The standard InChI is InChI=1S/C18H23NO6.H2/c1-23-16(20)11-25-15-9-5-13(6-10-15)12-3-7-14(8-4-12)19-17(21)18(22)24-2;/h3-4,7-8,13,15H,5-6,9-11H2,1-2H3,(H,19,21);1H. The zero-order valence-corrected chi connectivity index (χ0v) is 14.4. The van der Waals surface area contributed by atoms with E-state index in [1.165, 1.54) is 12.7 Å². The molecule has 2 rings (SSSR count). The fourth-order valence-corrected chi connectivity index (χ4v) is 2.92. The molecule has 1 saturated carbocycles.